The molecular formula is C17H33N3. The highest BCUT2D eigenvalue weighted by atomic mass is 15.2. The Balaban J connectivity index is 1.44. The molecule has 0 aromatic carbocycles. The zero-order chi connectivity index (χ0) is 14.2. The maximum absolute atomic E-state index is 2.80. The van der Waals surface area contributed by atoms with E-state index in [-0.39, 0.29) is 0 Å². The monoisotopic (exact) mass is 279 g/mol. The first kappa shape index (κ1) is 14.8. The van der Waals surface area contributed by atoms with Crippen LogP contribution in [0.4, 0.5) is 0 Å². The Hall–Kier alpha value is -0.120. The number of hydrogen-bond acceptors (Lipinski definition) is 3. The highest BCUT2D eigenvalue weighted by Gasteiger charge is 2.44. The van der Waals surface area contributed by atoms with Gasteiger partial charge in [0, 0.05) is 37.6 Å². The SMILES string of the molecule is CC(C)N1CCC(CN2CCCC3(CN(C)C3)C2)CC1. The first-order valence-electron chi connectivity index (χ1n) is 8.71. The van der Waals surface area contributed by atoms with Gasteiger partial charge in [0.15, 0.2) is 0 Å². The zero-order valence-electron chi connectivity index (χ0n) is 13.8. The Labute approximate surface area is 125 Å². The molecule has 0 atom stereocenters. The van der Waals surface area contributed by atoms with Gasteiger partial charge in [0.25, 0.3) is 0 Å². The third kappa shape index (κ3) is 3.20. The van der Waals surface area contributed by atoms with E-state index in [4.69, 9.17) is 0 Å². The molecule has 0 aromatic rings. The zero-order valence-corrected chi connectivity index (χ0v) is 13.8. The van der Waals surface area contributed by atoms with Crippen molar-refractivity contribution in [3.63, 3.8) is 0 Å². The van der Waals surface area contributed by atoms with Crippen LogP contribution in [0.3, 0.4) is 0 Å². The van der Waals surface area contributed by atoms with Crippen molar-refractivity contribution in [3.8, 4) is 0 Å². The molecule has 0 amide bonds. The summed E-state index contributed by atoms with van der Waals surface area (Å²) in [6.07, 6.45) is 5.74. The van der Waals surface area contributed by atoms with Crippen molar-refractivity contribution in [1.82, 2.24) is 14.7 Å². The molecule has 0 radical (unpaired) electrons. The minimum absolute atomic E-state index is 0.672. The van der Waals surface area contributed by atoms with Crippen molar-refractivity contribution in [2.45, 2.75) is 45.6 Å². The van der Waals surface area contributed by atoms with E-state index in [1.165, 1.54) is 71.5 Å². The van der Waals surface area contributed by atoms with Crippen LogP contribution in [-0.4, -0.2) is 73.6 Å². The molecule has 1 spiro atoms. The summed E-state index contributed by atoms with van der Waals surface area (Å²) in [5.41, 5.74) is 0.672. The van der Waals surface area contributed by atoms with E-state index in [0.717, 1.165) is 12.0 Å². The summed E-state index contributed by atoms with van der Waals surface area (Å²) in [7, 11) is 2.27. The molecule has 3 fully saturated rings. The lowest BCUT2D eigenvalue weighted by Crippen LogP contribution is -2.61. The Kier molecular flexibility index (Phi) is 4.40. The van der Waals surface area contributed by atoms with Gasteiger partial charge in [-0.15, -0.1) is 0 Å². The maximum atomic E-state index is 2.80. The molecule has 0 aromatic heterocycles. The molecule has 116 valence electrons. The van der Waals surface area contributed by atoms with E-state index in [0.29, 0.717) is 5.41 Å². The number of nitrogens with zero attached hydrogens (tertiary/aromatic N) is 3. The first-order chi connectivity index (χ1) is 9.56. The molecule has 3 rings (SSSR count). The summed E-state index contributed by atoms with van der Waals surface area (Å²) in [5.74, 6) is 0.956. The fourth-order valence-corrected chi connectivity index (χ4v) is 4.84. The van der Waals surface area contributed by atoms with Gasteiger partial charge in [0.05, 0.1) is 0 Å². The van der Waals surface area contributed by atoms with Crippen molar-refractivity contribution in [2.75, 3.05) is 52.9 Å². The molecule has 3 nitrogen and oxygen atoms in total. The van der Waals surface area contributed by atoms with Gasteiger partial charge in [0.1, 0.15) is 0 Å². The van der Waals surface area contributed by atoms with Gasteiger partial charge in [-0.3, -0.25) is 0 Å². The lowest BCUT2D eigenvalue weighted by atomic mass is 9.73. The number of likely N-dealkylation sites (tertiary alicyclic amines) is 3. The third-order valence-electron chi connectivity index (χ3n) is 5.85. The molecule has 3 heterocycles. The van der Waals surface area contributed by atoms with Crippen LogP contribution in [0.5, 0.6) is 0 Å². The van der Waals surface area contributed by atoms with Gasteiger partial charge in [-0.05, 0) is 72.1 Å². The lowest BCUT2D eigenvalue weighted by Gasteiger charge is -2.54. The van der Waals surface area contributed by atoms with Crippen molar-refractivity contribution >= 4 is 0 Å². The highest BCUT2D eigenvalue weighted by Crippen LogP contribution is 2.38. The van der Waals surface area contributed by atoms with Crippen LogP contribution < -0.4 is 0 Å². The molecule has 3 aliphatic rings. The Morgan fingerprint density at radius 1 is 1.05 bits per heavy atom. The van der Waals surface area contributed by atoms with Crippen molar-refractivity contribution < 1.29 is 0 Å². The van der Waals surface area contributed by atoms with E-state index < -0.39 is 0 Å². The average molecular weight is 279 g/mol. The standard InChI is InChI=1S/C17H33N3/c1-15(2)20-9-5-16(6-10-20)11-19-8-4-7-17(14-19)12-18(3)13-17/h15-16H,4-14H2,1-3H3. The number of rotatable bonds is 3. The smallest absolute Gasteiger partial charge is 0.00850 e. The normalized spacial score (nSPS) is 30.0. The Morgan fingerprint density at radius 3 is 2.35 bits per heavy atom. The van der Waals surface area contributed by atoms with Crippen LogP contribution >= 0.6 is 0 Å². The van der Waals surface area contributed by atoms with Crippen molar-refractivity contribution in [2.24, 2.45) is 11.3 Å². The van der Waals surface area contributed by atoms with Crippen LogP contribution in [0.2, 0.25) is 0 Å². The summed E-state index contributed by atoms with van der Waals surface area (Å²) in [5, 5.41) is 0. The molecule has 3 saturated heterocycles. The van der Waals surface area contributed by atoms with Gasteiger partial charge in [-0.1, -0.05) is 0 Å². The van der Waals surface area contributed by atoms with E-state index >= 15 is 0 Å². The van der Waals surface area contributed by atoms with Gasteiger partial charge in [0.2, 0.25) is 0 Å². The molecule has 0 bridgehead atoms. The molecule has 20 heavy (non-hydrogen) atoms. The summed E-state index contributed by atoms with van der Waals surface area (Å²) < 4.78 is 0. The van der Waals surface area contributed by atoms with Crippen LogP contribution in [0.25, 0.3) is 0 Å². The van der Waals surface area contributed by atoms with Gasteiger partial charge in [-0.25, -0.2) is 0 Å². The van der Waals surface area contributed by atoms with E-state index in [2.05, 4.69) is 35.6 Å². The van der Waals surface area contributed by atoms with Crippen LogP contribution in [0.1, 0.15) is 39.5 Å². The van der Waals surface area contributed by atoms with E-state index in [1.807, 2.05) is 0 Å². The minimum Gasteiger partial charge on any atom is -0.305 e. The van der Waals surface area contributed by atoms with E-state index in [9.17, 15) is 0 Å². The second kappa shape index (κ2) is 5.94. The van der Waals surface area contributed by atoms with Crippen LogP contribution in [0, 0.1) is 11.3 Å². The van der Waals surface area contributed by atoms with Gasteiger partial charge < -0.3 is 14.7 Å². The van der Waals surface area contributed by atoms with Gasteiger partial charge in [-0.2, -0.15) is 0 Å². The second-order valence-corrected chi connectivity index (χ2v) is 8.08. The van der Waals surface area contributed by atoms with Gasteiger partial charge >= 0.3 is 0 Å². The molecule has 0 unspecified atom stereocenters. The summed E-state index contributed by atoms with van der Waals surface area (Å²) >= 11 is 0. The quantitative estimate of drug-likeness (QED) is 0.784. The fraction of sp³-hybridized carbons (Fsp3) is 1.00. The van der Waals surface area contributed by atoms with Crippen LogP contribution in [0.15, 0.2) is 0 Å². The molecular weight excluding hydrogens is 246 g/mol. The Bertz CT molecular complexity index is 309. The molecule has 3 heteroatoms. The second-order valence-electron chi connectivity index (χ2n) is 8.08. The maximum Gasteiger partial charge on any atom is 0.00850 e. The number of piperidine rings is 2. The summed E-state index contributed by atoms with van der Waals surface area (Å²) in [4.78, 5) is 7.94. The average Bonchev–Trinajstić information content (AvgIpc) is 2.38. The van der Waals surface area contributed by atoms with Crippen molar-refractivity contribution in [1.29, 1.82) is 0 Å². The van der Waals surface area contributed by atoms with Crippen molar-refractivity contribution in [3.05, 3.63) is 0 Å². The fourth-order valence-electron chi connectivity index (χ4n) is 4.84. The number of hydrogen-bond donors (Lipinski definition) is 0. The highest BCUT2D eigenvalue weighted by molar-refractivity contribution is 4.98. The molecule has 3 aliphatic heterocycles. The predicted molar refractivity (Wildman–Crippen MR) is 85.0 cm³/mol. The van der Waals surface area contributed by atoms with Crippen LogP contribution in [-0.2, 0) is 0 Å². The first-order valence-corrected chi connectivity index (χ1v) is 8.71. The summed E-state index contributed by atoms with van der Waals surface area (Å²) in [6.45, 7) is 14.1. The minimum atomic E-state index is 0.672. The summed E-state index contributed by atoms with van der Waals surface area (Å²) in [6, 6.07) is 0.736. The van der Waals surface area contributed by atoms with E-state index in [1.54, 1.807) is 0 Å². The predicted octanol–water partition coefficient (Wildman–Crippen LogP) is 2.13. The molecule has 0 saturated carbocycles. The Morgan fingerprint density at radius 2 is 1.75 bits per heavy atom. The third-order valence-corrected chi connectivity index (χ3v) is 5.85. The largest absolute Gasteiger partial charge is 0.305 e. The molecule has 0 N–H and O–H groups in total. The molecule has 0 aliphatic carbocycles. The lowest BCUT2D eigenvalue weighted by molar-refractivity contribution is -0.0458. The topological polar surface area (TPSA) is 9.72 Å².